The molecule has 0 amide bonds. The Labute approximate surface area is 156 Å². The molecule has 0 aromatic carbocycles. The van der Waals surface area contributed by atoms with Crippen molar-refractivity contribution in [3.63, 3.8) is 0 Å². The van der Waals surface area contributed by atoms with Gasteiger partial charge in [-0.1, -0.05) is 0 Å². The highest BCUT2D eigenvalue weighted by Gasteiger charge is 2.25. The second-order valence-electron chi connectivity index (χ2n) is 7.15. The monoisotopic (exact) mass is 379 g/mol. The third-order valence-electron chi connectivity index (χ3n) is 5.51. The van der Waals surface area contributed by atoms with E-state index in [1.54, 1.807) is 7.05 Å². The zero-order valence-corrected chi connectivity index (χ0v) is 15.9. The predicted octanol–water partition coefficient (Wildman–Crippen LogP) is -2.81. The molecule has 10 nitrogen and oxygen atoms in total. The Bertz CT molecular complexity index is 934. The molecular formula is C17H27N6O4+. The number of morpholine rings is 2. The van der Waals surface area contributed by atoms with Gasteiger partial charge in [-0.2, -0.15) is 4.98 Å². The Morgan fingerprint density at radius 1 is 1.00 bits per heavy atom. The fourth-order valence-corrected chi connectivity index (χ4v) is 3.83. The minimum absolute atomic E-state index is 0.294. The molecule has 1 N–H and O–H groups in total. The van der Waals surface area contributed by atoms with E-state index in [1.165, 1.54) is 16.5 Å². The molecule has 27 heavy (non-hydrogen) atoms. The lowest BCUT2D eigenvalue weighted by molar-refractivity contribution is -0.908. The number of ether oxygens (including phenoxy) is 2. The number of rotatable bonds is 4. The van der Waals surface area contributed by atoms with Crippen molar-refractivity contribution in [3.05, 3.63) is 20.8 Å². The molecule has 2 aliphatic heterocycles. The third kappa shape index (κ3) is 3.28. The topological polar surface area (TPSA) is 88.0 Å². The maximum absolute atomic E-state index is 12.9. The summed E-state index contributed by atoms with van der Waals surface area (Å²) >= 11 is 0. The first-order valence-corrected chi connectivity index (χ1v) is 9.48. The first kappa shape index (κ1) is 18.2. The summed E-state index contributed by atoms with van der Waals surface area (Å²) < 4.78 is 15.5. The summed E-state index contributed by atoms with van der Waals surface area (Å²) in [7, 11) is 3.18. The number of fused-ring (bicyclic) bond motifs is 1. The maximum atomic E-state index is 12.9. The fourth-order valence-electron chi connectivity index (χ4n) is 3.83. The molecule has 0 radical (unpaired) electrons. The first-order chi connectivity index (χ1) is 13.1. The third-order valence-corrected chi connectivity index (χ3v) is 5.51. The van der Waals surface area contributed by atoms with Crippen LogP contribution in [0.5, 0.6) is 0 Å². The average Bonchev–Trinajstić information content (AvgIpc) is 3.10. The molecule has 4 rings (SSSR count). The molecule has 2 saturated heterocycles. The minimum Gasteiger partial charge on any atom is -0.378 e. The van der Waals surface area contributed by atoms with Gasteiger partial charge in [0.25, 0.3) is 5.56 Å². The van der Waals surface area contributed by atoms with E-state index in [0.717, 1.165) is 56.5 Å². The highest BCUT2D eigenvalue weighted by Crippen LogP contribution is 2.20. The molecule has 4 heterocycles. The van der Waals surface area contributed by atoms with Crippen molar-refractivity contribution in [1.82, 2.24) is 18.7 Å². The van der Waals surface area contributed by atoms with Crippen molar-refractivity contribution in [3.8, 4) is 0 Å². The molecule has 2 aromatic rings. The Balaban J connectivity index is 1.79. The highest BCUT2D eigenvalue weighted by molar-refractivity contribution is 5.74. The van der Waals surface area contributed by atoms with Gasteiger partial charge in [0.1, 0.15) is 13.1 Å². The number of hydrogen-bond acceptors (Lipinski definition) is 6. The van der Waals surface area contributed by atoms with E-state index < -0.39 is 0 Å². The van der Waals surface area contributed by atoms with Crippen LogP contribution in [0.4, 0.5) is 5.95 Å². The smallest absolute Gasteiger partial charge is 0.332 e. The molecule has 0 atom stereocenters. The van der Waals surface area contributed by atoms with Crippen LogP contribution >= 0.6 is 0 Å². The van der Waals surface area contributed by atoms with Crippen LogP contribution in [0.25, 0.3) is 11.2 Å². The summed E-state index contributed by atoms with van der Waals surface area (Å²) in [6.07, 6.45) is 0. The van der Waals surface area contributed by atoms with Gasteiger partial charge in [-0.3, -0.25) is 18.5 Å². The molecular weight excluding hydrogens is 352 g/mol. The second kappa shape index (κ2) is 7.45. The zero-order chi connectivity index (χ0) is 19.0. The van der Waals surface area contributed by atoms with Crippen LogP contribution in [0.2, 0.25) is 0 Å². The fraction of sp³-hybridized carbons (Fsp3) is 0.706. The summed E-state index contributed by atoms with van der Waals surface area (Å²) in [5.41, 5.74) is 0.289. The molecule has 2 aliphatic rings. The number of anilines is 1. The van der Waals surface area contributed by atoms with Gasteiger partial charge in [0, 0.05) is 27.2 Å². The number of aromatic nitrogens is 4. The molecule has 2 aromatic heterocycles. The Kier molecular flexibility index (Phi) is 5.02. The van der Waals surface area contributed by atoms with Crippen LogP contribution in [-0.2, 0) is 30.1 Å². The normalized spacial score (nSPS) is 19.1. The van der Waals surface area contributed by atoms with Crippen LogP contribution in [0, 0.1) is 0 Å². The van der Waals surface area contributed by atoms with Gasteiger partial charge in [0.2, 0.25) is 5.95 Å². The number of imidazole rings is 1. The average molecular weight is 379 g/mol. The minimum atomic E-state index is -0.357. The zero-order valence-electron chi connectivity index (χ0n) is 15.9. The summed E-state index contributed by atoms with van der Waals surface area (Å²) in [4.78, 5) is 33.5. The lowest BCUT2D eigenvalue weighted by Crippen LogP contribution is -3.14. The van der Waals surface area contributed by atoms with Crippen molar-refractivity contribution < 1.29 is 14.4 Å². The molecule has 0 spiro atoms. The molecule has 0 bridgehead atoms. The summed E-state index contributed by atoms with van der Waals surface area (Å²) in [5, 5.41) is 0. The number of nitrogens with zero attached hydrogens (tertiary/aromatic N) is 5. The molecule has 148 valence electrons. The van der Waals surface area contributed by atoms with Crippen LogP contribution in [-0.4, -0.2) is 77.8 Å². The molecule has 2 fully saturated rings. The van der Waals surface area contributed by atoms with Gasteiger partial charge < -0.3 is 19.3 Å². The van der Waals surface area contributed by atoms with Crippen molar-refractivity contribution in [2.45, 2.75) is 6.54 Å². The van der Waals surface area contributed by atoms with E-state index >= 15 is 0 Å². The van der Waals surface area contributed by atoms with E-state index in [-0.39, 0.29) is 11.2 Å². The lowest BCUT2D eigenvalue weighted by atomic mass is 10.4. The van der Waals surface area contributed by atoms with Gasteiger partial charge in [0.15, 0.2) is 11.2 Å². The van der Waals surface area contributed by atoms with Gasteiger partial charge in [-0.25, -0.2) is 4.79 Å². The molecule has 0 unspecified atom stereocenters. The van der Waals surface area contributed by atoms with Crippen LogP contribution in [0.3, 0.4) is 0 Å². The van der Waals surface area contributed by atoms with Gasteiger partial charge in [0.05, 0.1) is 39.5 Å². The number of hydrogen-bond donors (Lipinski definition) is 1. The lowest BCUT2D eigenvalue weighted by Gasteiger charge is -2.29. The van der Waals surface area contributed by atoms with E-state index in [4.69, 9.17) is 14.5 Å². The summed E-state index contributed by atoms with van der Waals surface area (Å²) in [5.74, 6) is 0.749. The largest absolute Gasteiger partial charge is 0.378 e. The Hall–Kier alpha value is -2.17. The SMILES string of the molecule is Cn1c(=O)c2c(nc(N3CCOCC3)n2CC[NH+]2CCOCC2)n(C)c1=O. The van der Waals surface area contributed by atoms with Gasteiger partial charge >= 0.3 is 5.69 Å². The maximum Gasteiger partial charge on any atom is 0.332 e. The van der Waals surface area contributed by atoms with Crippen molar-refractivity contribution in [2.75, 3.05) is 64.1 Å². The van der Waals surface area contributed by atoms with E-state index in [9.17, 15) is 9.59 Å². The van der Waals surface area contributed by atoms with Gasteiger partial charge in [-0.05, 0) is 0 Å². The standard InChI is InChI=1S/C17H26N6O4/c1-19-14-13(15(24)20(2)17(19)25)23(4-3-21-5-9-26-10-6-21)16(18-14)22-7-11-27-12-8-22/h3-12H2,1-2H3/p+1. The van der Waals surface area contributed by atoms with E-state index in [2.05, 4.69) is 4.90 Å². The highest BCUT2D eigenvalue weighted by atomic mass is 16.5. The van der Waals surface area contributed by atoms with E-state index in [1.807, 2.05) is 4.57 Å². The summed E-state index contributed by atoms with van der Waals surface area (Å²) in [6.45, 7) is 7.75. The first-order valence-electron chi connectivity index (χ1n) is 9.48. The predicted molar refractivity (Wildman–Crippen MR) is 99.6 cm³/mol. The number of nitrogens with one attached hydrogen (secondary N) is 1. The van der Waals surface area contributed by atoms with Crippen LogP contribution < -0.4 is 21.0 Å². The Morgan fingerprint density at radius 3 is 2.37 bits per heavy atom. The van der Waals surface area contributed by atoms with Crippen molar-refractivity contribution in [2.24, 2.45) is 14.1 Å². The number of quaternary nitrogens is 1. The van der Waals surface area contributed by atoms with Gasteiger partial charge in [-0.15, -0.1) is 0 Å². The Morgan fingerprint density at radius 2 is 1.67 bits per heavy atom. The number of aryl methyl sites for hydroxylation is 1. The molecule has 0 saturated carbocycles. The van der Waals surface area contributed by atoms with Crippen LogP contribution in [0.1, 0.15) is 0 Å². The van der Waals surface area contributed by atoms with E-state index in [0.29, 0.717) is 30.9 Å². The molecule has 10 heteroatoms. The van der Waals surface area contributed by atoms with Crippen molar-refractivity contribution in [1.29, 1.82) is 0 Å². The molecule has 0 aliphatic carbocycles. The quantitative estimate of drug-likeness (QED) is 0.617. The van der Waals surface area contributed by atoms with Crippen molar-refractivity contribution >= 4 is 17.1 Å². The van der Waals surface area contributed by atoms with Crippen LogP contribution in [0.15, 0.2) is 9.59 Å². The second-order valence-corrected chi connectivity index (χ2v) is 7.15. The summed E-state index contributed by atoms with van der Waals surface area (Å²) in [6, 6.07) is 0.